The Morgan fingerprint density at radius 1 is 1.16 bits per heavy atom. The minimum atomic E-state index is -0.836. The number of hydrogen-bond donors (Lipinski definition) is 1. The van der Waals surface area contributed by atoms with Gasteiger partial charge in [-0.3, -0.25) is 14.8 Å². The standard InChI is InChI=1S/C25H27FN2O4/c1-16(2)11-23-25(21-13-19(31-3)8-9-22(21)26)27-14-18(28-23)15-32-20-6-4-5-17(12-20)7-10-24(29)30/h4-6,8-9,12-14,16H,7,10-11,15H2,1-3H3,(H,29,30). The molecule has 0 aliphatic heterocycles. The highest BCUT2D eigenvalue weighted by Crippen LogP contribution is 2.29. The van der Waals surface area contributed by atoms with Crippen LogP contribution in [0, 0.1) is 11.7 Å². The van der Waals surface area contributed by atoms with Crippen LogP contribution >= 0.6 is 0 Å². The first kappa shape index (κ1) is 23.2. The molecule has 0 amide bonds. The van der Waals surface area contributed by atoms with Crippen LogP contribution < -0.4 is 9.47 Å². The fourth-order valence-electron chi connectivity index (χ4n) is 3.30. The van der Waals surface area contributed by atoms with Gasteiger partial charge < -0.3 is 14.6 Å². The van der Waals surface area contributed by atoms with Crippen molar-refractivity contribution in [1.29, 1.82) is 0 Å². The Balaban J connectivity index is 1.82. The molecule has 0 aliphatic carbocycles. The number of hydrogen-bond acceptors (Lipinski definition) is 5. The molecule has 0 bridgehead atoms. The van der Waals surface area contributed by atoms with Crippen molar-refractivity contribution in [3.8, 4) is 22.8 Å². The zero-order chi connectivity index (χ0) is 23.1. The van der Waals surface area contributed by atoms with Crippen LogP contribution in [0.4, 0.5) is 4.39 Å². The molecule has 0 fully saturated rings. The van der Waals surface area contributed by atoms with E-state index in [1.807, 2.05) is 24.3 Å². The number of aryl methyl sites for hydroxylation is 1. The number of halogens is 1. The number of rotatable bonds is 10. The zero-order valence-corrected chi connectivity index (χ0v) is 18.5. The number of benzene rings is 2. The fraction of sp³-hybridized carbons (Fsp3) is 0.320. The van der Waals surface area contributed by atoms with Crippen molar-refractivity contribution in [2.45, 2.75) is 39.7 Å². The highest BCUT2D eigenvalue weighted by Gasteiger charge is 2.16. The first-order valence-electron chi connectivity index (χ1n) is 10.5. The molecule has 1 heterocycles. The molecule has 0 unspecified atom stereocenters. The van der Waals surface area contributed by atoms with Gasteiger partial charge in [-0.15, -0.1) is 0 Å². The highest BCUT2D eigenvalue weighted by atomic mass is 19.1. The second kappa shape index (κ2) is 10.7. The molecule has 6 nitrogen and oxygen atoms in total. The maximum absolute atomic E-state index is 14.5. The van der Waals surface area contributed by atoms with Crippen molar-refractivity contribution in [3.05, 3.63) is 71.4 Å². The molecule has 7 heteroatoms. The van der Waals surface area contributed by atoms with Crippen molar-refractivity contribution in [2.24, 2.45) is 5.92 Å². The number of aromatic nitrogens is 2. The van der Waals surface area contributed by atoms with Gasteiger partial charge >= 0.3 is 5.97 Å². The average molecular weight is 438 g/mol. The number of carboxylic acid groups (broad SMARTS) is 1. The third-order valence-electron chi connectivity index (χ3n) is 4.84. The smallest absolute Gasteiger partial charge is 0.303 e. The Bertz CT molecular complexity index is 1090. The number of aliphatic carboxylic acids is 1. The molecule has 1 N–H and O–H groups in total. The summed E-state index contributed by atoms with van der Waals surface area (Å²) >= 11 is 0. The van der Waals surface area contributed by atoms with Crippen molar-refractivity contribution in [1.82, 2.24) is 9.97 Å². The van der Waals surface area contributed by atoms with E-state index < -0.39 is 5.97 Å². The lowest BCUT2D eigenvalue weighted by Gasteiger charge is -2.14. The normalized spacial score (nSPS) is 10.9. The summed E-state index contributed by atoms with van der Waals surface area (Å²) < 4.78 is 25.6. The van der Waals surface area contributed by atoms with E-state index in [4.69, 9.17) is 19.6 Å². The molecule has 3 rings (SSSR count). The highest BCUT2D eigenvalue weighted by molar-refractivity contribution is 5.67. The van der Waals surface area contributed by atoms with E-state index in [1.165, 1.54) is 13.2 Å². The second-order valence-electron chi connectivity index (χ2n) is 7.93. The van der Waals surface area contributed by atoms with Crippen molar-refractivity contribution in [3.63, 3.8) is 0 Å². The Hall–Kier alpha value is -3.48. The molecular formula is C25H27FN2O4. The summed E-state index contributed by atoms with van der Waals surface area (Å²) in [6.07, 6.45) is 2.73. The van der Waals surface area contributed by atoms with Gasteiger partial charge in [-0.1, -0.05) is 26.0 Å². The van der Waals surface area contributed by atoms with E-state index in [9.17, 15) is 9.18 Å². The lowest BCUT2D eigenvalue weighted by molar-refractivity contribution is -0.136. The van der Waals surface area contributed by atoms with Crippen molar-refractivity contribution in [2.75, 3.05) is 7.11 Å². The van der Waals surface area contributed by atoms with E-state index >= 15 is 0 Å². The van der Waals surface area contributed by atoms with E-state index in [2.05, 4.69) is 18.8 Å². The largest absolute Gasteiger partial charge is 0.497 e. The van der Waals surface area contributed by atoms with Gasteiger partial charge in [-0.2, -0.15) is 0 Å². The average Bonchev–Trinajstić information content (AvgIpc) is 2.77. The molecule has 3 aromatic rings. The minimum absolute atomic E-state index is 0.0653. The summed E-state index contributed by atoms with van der Waals surface area (Å²) in [4.78, 5) is 20.0. The molecule has 0 saturated heterocycles. The predicted molar refractivity (Wildman–Crippen MR) is 119 cm³/mol. The molecule has 2 aromatic carbocycles. The third kappa shape index (κ3) is 6.26. The summed E-state index contributed by atoms with van der Waals surface area (Å²) in [5, 5.41) is 8.86. The van der Waals surface area contributed by atoms with Crippen LogP contribution in [0.15, 0.2) is 48.7 Å². The molecule has 32 heavy (non-hydrogen) atoms. The van der Waals surface area contributed by atoms with E-state index in [1.54, 1.807) is 18.3 Å². The number of ether oxygens (including phenoxy) is 2. The lowest BCUT2D eigenvalue weighted by Crippen LogP contribution is -2.08. The van der Waals surface area contributed by atoms with Gasteiger partial charge in [0.05, 0.1) is 30.4 Å². The summed E-state index contributed by atoms with van der Waals surface area (Å²) in [6.45, 7) is 4.33. The monoisotopic (exact) mass is 438 g/mol. The van der Waals surface area contributed by atoms with Crippen LogP contribution in [0.25, 0.3) is 11.3 Å². The topological polar surface area (TPSA) is 81.5 Å². The zero-order valence-electron chi connectivity index (χ0n) is 18.5. The molecule has 0 radical (unpaired) electrons. The summed E-state index contributed by atoms with van der Waals surface area (Å²) in [5.74, 6) is 0.264. The van der Waals surface area contributed by atoms with Crippen LogP contribution in [0.2, 0.25) is 0 Å². The molecule has 0 saturated carbocycles. The van der Waals surface area contributed by atoms with Crippen LogP contribution in [0.3, 0.4) is 0 Å². The van der Waals surface area contributed by atoms with Crippen LogP contribution in [-0.2, 0) is 24.2 Å². The SMILES string of the molecule is COc1ccc(F)c(-c2ncc(COc3cccc(CCC(=O)O)c3)nc2CC(C)C)c1. The Morgan fingerprint density at radius 3 is 2.69 bits per heavy atom. The Kier molecular flexibility index (Phi) is 7.76. The van der Waals surface area contributed by atoms with Gasteiger partial charge in [0.2, 0.25) is 0 Å². The first-order chi connectivity index (χ1) is 15.4. The molecule has 0 spiro atoms. The van der Waals surface area contributed by atoms with Gasteiger partial charge in [0.1, 0.15) is 23.9 Å². The number of carbonyl (C=O) groups is 1. The third-order valence-corrected chi connectivity index (χ3v) is 4.84. The fourth-order valence-corrected chi connectivity index (χ4v) is 3.30. The summed E-state index contributed by atoms with van der Waals surface area (Å²) in [5.41, 5.74) is 3.06. The number of carboxylic acids is 1. The summed E-state index contributed by atoms with van der Waals surface area (Å²) in [7, 11) is 1.54. The predicted octanol–water partition coefficient (Wildman–Crippen LogP) is 5.09. The molecule has 0 atom stereocenters. The second-order valence-corrected chi connectivity index (χ2v) is 7.93. The van der Waals surface area contributed by atoms with Crippen molar-refractivity contribution >= 4 is 5.97 Å². The quantitative estimate of drug-likeness (QED) is 0.475. The van der Waals surface area contributed by atoms with Gasteiger partial charge in [0.25, 0.3) is 0 Å². The van der Waals surface area contributed by atoms with Crippen LogP contribution in [-0.4, -0.2) is 28.2 Å². The maximum atomic E-state index is 14.5. The van der Waals surface area contributed by atoms with Gasteiger partial charge in [-0.05, 0) is 54.7 Å². The van der Waals surface area contributed by atoms with Crippen LogP contribution in [0.5, 0.6) is 11.5 Å². The van der Waals surface area contributed by atoms with Gasteiger partial charge in [-0.25, -0.2) is 4.39 Å². The lowest BCUT2D eigenvalue weighted by atomic mass is 10.0. The van der Waals surface area contributed by atoms with E-state index in [0.29, 0.717) is 52.9 Å². The Morgan fingerprint density at radius 2 is 1.97 bits per heavy atom. The van der Waals surface area contributed by atoms with Gasteiger partial charge in [0, 0.05) is 12.0 Å². The molecule has 1 aromatic heterocycles. The van der Waals surface area contributed by atoms with E-state index in [-0.39, 0.29) is 18.8 Å². The van der Waals surface area contributed by atoms with Crippen molar-refractivity contribution < 1.29 is 23.8 Å². The Labute approximate surface area is 187 Å². The minimum Gasteiger partial charge on any atom is -0.497 e. The molecule has 168 valence electrons. The van der Waals surface area contributed by atoms with Crippen LogP contribution in [0.1, 0.15) is 37.2 Å². The summed E-state index contributed by atoms with van der Waals surface area (Å²) in [6, 6.07) is 11.9. The molecular weight excluding hydrogens is 411 g/mol. The van der Waals surface area contributed by atoms with Gasteiger partial charge in [0.15, 0.2) is 0 Å². The van der Waals surface area contributed by atoms with E-state index in [0.717, 1.165) is 5.56 Å². The number of nitrogens with zero attached hydrogens (tertiary/aromatic N) is 2. The maximum Gasteiger partial charge on any atom is 0.303 e. The first-order valence-corrected chi connectivity index (χ1v) is 10.5. The molecule has 0 aliphatic rings. The number of methoxy groups -OCH3 is 1.